The first-order chi connectivity index (χ1) is 16.3. The second kappa shape index (κ2) is 9.66. The number of carbonyl (C=O) groups excluding carboxylic acids is 4. The summed E-state index contributed by atoms with van der Waals surface area (Å²) >= 11 is 0. The van der Waals surface area contributed by atoms with E-state index in [1.807, 2.05) is 13.8 Å². The van der Waals surface area contributed by atoms with Crippen molar-refractivity contribution in [2.75, 3.05) is 11.9 Å². The van der Waals surface area contributed by atoms with Gasteiger partial charge in [-0.25, -0.2) is 0 Å². The van der Waals surface area contributed by atoms with Gasteiger partial charge in [0, 0.05) is 36.7 Å². The quantitative estimate of drug-likeness (QED) is 0.529. The third-order valence-electron chi connectivity index (χ3n) is 5.37. The van der Waals surface area contributed by atoms with E-state index in [0.717, 1.165) is 5.56 Å². The summed E-state index contributed by atoms with van der Waals surface area (Å²) in [6, 6.07) is 15.0. The number of nitrogens with one attached hydrogen (secondary N) is 2. The van der Waals surface area contributed by atoms with E-state index in [-0.39, 0.29) is 41.7 Å². The molecule has 0 atom stereocenters. The molecule has 2 aromatic carbocycles. The zero-order chi connectivity index (χ0) is 24.2. The summed E-state index contributed by atoms with van der Waals surface area (Å²) in [7, 11) is 0. The van der Waals surface area contributed by atoms with Crippen molar-refractivity contribution in [1.29, 1.82) is 0 Å². The average Bonchev–Trinajstić information content (AvgIpc) is 3.08. The average molecular weight is 457 g/mol. The number of imide groups is 1. The molecule has 2 N–H and O–H groups in total. The summed E-state index contributed by atoms with van der Waals surface area (Å²) in [6.45, 7) is 4.47. The molecule has 3 aromatic rings. The molecule has 172 valence electrons. The van der Waals surface area contributed by atoms with Gasteiger partial charge >= 0.3 is 0 Å². The van der Waals surface area contributed by atoms with Gasteiger partial charge in [-0.15, -0.1) is 0 Å². The summed E-state index contributed by atoms with van der Waals surface area (Å²) in [5.41, 5.74) is 2.81. The van der Waals surface area contributed by atoms with Crippen molar-refractivity contribution in [1.82, 2.24) is 15.2 Å². The Hall–Kier alpha value is -4.33. The number of hydrogen-bond donors (Lipinski definition) is 2. The van der Waals surface area contributed by atoms with Crippen LogP contribution in [0.2, 0.25) is 0 Å². The highest BCUT2D eigenvalue weighted by Gasteiger charge is 2.36. The molecular formula is C26H24N4O4. The third kappa shape index (κ3) is 4.85. The van der Waals surface area contributed by atoms with Gasteiger partial charge < -0.3 is 10.6 Å². The van der Waals surface area contributed by atoms with E-state index >= 15 is 0 Å². The Bertz CT molecular complexity index is 1250. The van der Waals surface area contributed by atoms with Crippen LogP contribution in [0.5, 0.6) is 0 Å². The predicted molar refractivity (Wildman–Crippen MR) is 126 cm³/mol. The van der Waals surface area contributed by atoms with E-state index in [1.165, 1.54) is 23.2 Å². The maximum absolute atomic E-state index is 12.7. The molecule has 1 aliphatic rings. The number of carbonyl (C=O) groups is 4. The summed E-state index contributed by atoms with van der Waals surface area (Å²) in [5.74, 6) is -1.14. The maximum atomic E-state index is 12.7. The lowest BCUT2D eigenvalue weighted by molar-refractivity contribution is 0.0635. The molecule has 0 radical (unpaired) electrons. The molecule has 0 bridgehead atoms. The number of anilines is 1. The van der Waals surface area contributed by atoms with Crippen molar-refractivity contribution in [3.8, 4) is 0 Å². The van der Waals surface area contributed by atoms with E-state index in [9.17, 15) is 19.2 Å². The zero-order valence-electron chi connectivity index (χ0n) is 18.9. The van der Waals surface area contributed by atoms with E-state index < -0.39 is 0 Å². The van der Waals surface area contributed by atoms with Gasteiger partial charge in [0.05, 0.1) is 16.7 Å². The third-order valence-corrected chi connectivity index (χ3v) is 5.37. The molecule has 0 unspecified atom stereocenters. The molecule has 8 nitrogen and oxygen atoms in total. The summed E-state index contributed by atoms with van der Waals surface area (Å²) in [5, 5.41) is 5.61. The highest BCUT2D eigenvalue weighted by Crippen LogP contribution is 2.25. The number of fused-ring (bicyclic) bond motifs is 1. The SMILES string of the molecule is CC(C)CN1C(=O)c2ccc(C(=O)NCc3ccc(NC(=O)c4cccnc4)cc3)cc2C1=O. The lowest BCUT2D eigenvalue weighted by Gasteiger charge is -2.15. The number of nitrogens with zero attached hydrogens (tertiary/aromatic N) is 2. The second-order valence-electron chi connectivity index (χ2n) is 8.45. The first kappa shape index (κ1) is 22.8. The molecule has 0 saturated heterocycles. The van der Waals surface area contributed by atoms with Crippen molar-refractivity contribution in [3.63, 3.8) is 0 Å². The fourth-order valence-corrected chi connectivity index (χ4v) is 3.65. The topological polar surface area (TPSA) is 108 Å². The number of hydrogen-bond acceptors (Lipinski definition) is 5. The fraction of sp³-hybridized carbons (Fsp3) is 0.192. The van der Waals surface area contributed by atoms with Crippen LogP contribution in [-0.4, -0.2) is 40.1 Å². The van der Waals surface area contributed by atoms with Crippen LogP contribution in [-0.2, 0) is 6.54 Å². The largest absolute Gasteiger partial charge is 0.348 e. The summed E-state index contributed by atoms with van der Waals surface area (Å²) in [6.07, 6.45) is 3.09. The molecular weight excluding hydrogens is 432 g/mol. The smallest absolute Gasteiger partial charge is 0.261 e. The first-order valence-corrected chi connectivity index (χ1v) is 10.9. The lowest BCUT2D eigenvalue weighted by atomic mass is 10.1. The van der Waals surface area contributed by atoms with Crippen molar-refractivity contribution >= 4 is 29.3 Å². The van der Waals surface area contributed by atoms with Crippen LogP contribution >= 0.6 is 0 Å². The molecule has 0 saturated carbocycles. The number of pyridine rings is 1. The Morgan fingerprint density at radius 1 is 0.912 bits per heavy atom. The minimum absolute atomic E-state index is 0.153. The van der Waals surface area contributed by atoms with Crippen LogP contribution in [0.25, 0.3) is 0 Å². The molecule has 4 rings (SSSR count). The standard InChI is InChI=1S/C26H24N4O4/c1-16(2)15-30-25(33)21-10-7-18(12-22(21)26(30)34)23(31)28-13-17-5-8-20(9-6-17)29-24(32)19-4-3-11-27-14-19/h3-12,14,16H,13,15H2,1-2H3,(H,28,31)(H,29,32). The summed E-state index contributed by atoms with van der Waals surface area (Å²) < 4.78 is 0. The zero-order valence-corrected chi connectivity index (χ0v) is 18.9. The minimum Gasteiger partial charge on any atom is -0.348 e. The van der Waals surface area contributed by atoms with Gasteiger partial charge in [-0.2, -0.15) is 0 Å². The number of rotatable bonds is 7. The Balaban J connectivity index is 1.36. The Morgan fingerprint density at radius 3 is 2.32 bits per heavy atom. The summed E-state index contributed by atoms with van der Waals surface area (Å²) in [4.78, 5) is 55.1. The fourth-order valence-electron chi connectivity index (χ4n) is 3.65. The minimum atomic E-state index is -0.368. The molecule has 34 heavy (non-hydrogen) atoms. The highest BCUT2D eigenvalue weighted by atomic mass is 16.2. The van der Waals surface area contributed by atoms with Crippen LogP contribution in [0.1, 0.15) is 60.8 Å². The Labute approximate surface area is 197 Å². The van der Waals surface area contributed by atoms with Gasteiger partial charge in [0.1, 0.15) is 0 Å². The molecule has 8 heteroatoms. The van der Waals surface area contributed by atoms with Gasteiger partial charge in [-0.1, -0.05) is 26.0 Å². The van der Waals surface area contributed by atoms with Crippen molar-refractivity contribution in [2.24, 2.45) is 5.92 Å². The van der Waals surface area contributed by atoms with Crippen molar-refractivity contribution in [3.05, 3.63) is 94.8 Å². The molecule has 0 fully saturated rings. The van der Waals surface area contributed by atoms with Gasteiger partial charge in [0.15, 0.2) is 0 Å². The molecule has 2 heterocycles. The van der Waals surface area contributed by atoms with Crippen LogP contribution in [0.15, 0.2) is 67.0 Å². The van der Waals surface area contributed by atoms with Crippen molar-refractivity contribution in [2.45, 2.75) is 20.4 Å². The highest BCUT2D eigenvalue weighted by molar-refractivity contribution is 6.22. The lowest BCUT2D eigenvalue weighted by Crippen LogP contribution is -2.33. The predicted octanol–water partition coefficient (Wildman–Crippen LogP) is 3.52. The monoisotopic (exact) mass is 456 g/mol. The van der Waals surface area contributed by atoms with Gasteiger partial charge in [-0.05, 0) is 53.9 Å². The van der Waals surface area contributed by atoms with Crippen molar-refractivity contribution < 1.29 is 19.2 Å². The van der Waals surface area contributed by atoms with E-state index in [4.69, 9.17) is 0 Å². The van der Waals surface area contributed by atoms with E-state index in [2.05, 4.69) is 15.6 Å². The van der Waals surface area contributed by atoms with E-state index in [0.29, 0.717) is 28.9 Å². The molecule has 0 aliphatic carbocycles. The number of aromatic nitrogens is 1. The Kier molecular flexibility index (Phi) is 6.49. The maximum Gasteiger partial charge on any atom is 0.261 e. The van der Waals surface area contributed by atoms with Crippen LogP contribution < -0.4 is 10.6 Å². The van der Waals surface area contributed by atoms with Crippen LogP contribution in [0.3, 0.4) is 0 Å². The molecule has 1 aliphatic heterocycles. The van der Waals surface area contributed by atoms with Crippen LogP contribution in [0, 0.1) is 5.92 Å². The number of amides is 4. The first-order valence-electron chi connectivity index (χ1n) is 10.9. The van der Waals surface area contributed by atoms with E-state index in [1.54, 1.807) is 48.7 Å². The number of benzene rings is 2. The molecule has 1 aromatic heterocycles. The Morgan fingerprint density at radius 2 is 1.65 bits per heavy atom. The van der Waals surface area contributed by atoms with Gasteiger partial charge in [-0.3, -0.25) is 29.1 Å². The second-order valence-corrected chi connectivity index (χ2v) is 8.45. The van der Waals surface area contributed by atoms with Crippen LogP contribution in [0.4, 0.5) is 5.69 Å². The molecule has 0 spiro atoms. The normalized spacial score (nSPS) is 12.6. The van der Waals surface area contributed by atoms with Gasteiger partial charge in [0.25, 0.3) is 23.6 Å². The molecule has 4 amide bonds. The van der Waals surface area contributed by atoms with Gasteiger partial charge in [0.2, 0.25) is 0 Å².